The molecule has 0 amide bonds. The van der Waals surface area contributed by atoms with Gasteiger partial charge in [0.25, 0.3) is 0 Å². The largest absolute Gasteiger partial charge is 0.0876 e. The summed E-state index contributed by atoms with van der Waals surface area (Å²) < 4.78 is 0. The first-order valence-electron chi connectivity index (χ1n) is 7.14. The summed E-state index contributed by atoms with van der Waals surface area (Å²) in [5, 5.41) is 0.874. The highest BCUT2D eigenvalue weighted by molar-refractivity contribution is 9.08. The lowest BCUT2D eigenvalue weighted by atomic mass is 9.83. The summed E-state index contributed by atoms with van der Waals surface area (Å²) in [6, 6.07) is 30.1. The van der Waals surface area contributed by atoms with Gasteiger partial charge >= 0.3 is 0 Å². The molecule has 104 valence electrons. The zero-order valence-electron chi connectivity index (χ0n) is 11.7. The van der Waals surface area contributed by atoms with E-state index in [1.807, 2.05) is 0 Å². The number of alkyl halides is 1. The Morgan fingerprint density at radius 3 is 1.62 bits per heavy atom. The first-order chi connectivity index (χ1) is 10.4. The summed E-state index contributed by atoms with van der Waals surface area (Å²) in [5.41, 5.74) is 5.37. The molecule has 3 aromatic rings. The highest BCUT2D eigenvalue weighted by Gasteiger charge is 2.18. The summed E-state index contributed by atoms with van der Waals surface area (Å²) in [5.74, 6) is 0.279. The Morgan fingerprint density at radius 2 is 1.10 bits per heavy atom. The van der Waals surface area contributed by atoms with Gasteiger partial charge in [0, 0.05) is 11.2 Å². The van der Waals surface area contributed by atoms with Gasteiger partial charge in [0.2, 0.25) is 0 Å². The molecule has 1 heteroatoms. The molecule has 0 heterocycles. The minimum absolute atomic E-state index is 0.279. The SMILES string of the molecule is BrCc1ccccc1C(c1ccccc1)c1ccccc1. The van der Waals surface area contributed by atoms with E-state index in [-0.39, 0.29) is 5.92 Å². The van der Waals surface area contributed by atoms with Crippen LogP contribution in [0.25, 0.3) is 0 Å². The molecule has 21 heavy (non-hydrogen) atoms. The average Bonchev–Trinajstić information content (AvgIpc) is 2.58. The second-order valence-electron chi connectivity index (χ2n) is 5.09. The maximum absolute atomic E-state index is 3.62. The molecular formula is C20H17Br. The predicted molar refractivity (Wildman–Crippen MR) is 92.9 cm³/mol. The van der Waals surface area contributed by atoms with Crippen molar-refractivity contribution < 1.29 is 0 Å². The molecule has 0 aliphatic carbocycles. The Labute approximate surface area is 134 Å². The van der Waals surface area contributed by atoms with Crippen LogP contribution in [0.3, 0.4) is 0 Å². The van der Waals surface area contributed by atoms with E-state index in [0.717, 1.165) is 5.33 Å². The van der Waals surface area contributed by atoms with Crippen LogP contribution in [-0.2, 0) is 5.33 Å². The standard InChI is InChI=1S/C20H17Br/c21-15-18-13-7-8-14-19(18)20(16-9-3-1-4-10-16)17-11-5-2-6-12-17/h1-14,20H,15H2. The third-order valence-corrected chi connectivity index (χ3v) is 4.38. The quantitative estimate of drug-likeness (QED) is 0.419. The average molecular weight is 337 g/mol. The maximum Gasteiger partial charge on any atom is 0.0343 e. The second-order valence-corrected chi connectivity index (χ2v) is 5.65. The molecule has 0 unspecified atom stereocenters. The van der Waals surface area contributed by atoms with Crippen molar-refractivity contribution in [2.45, 2.75) is 11.2 Å². The number of halogens is 1. The van der Waals surface area contributed by atoms with Crippen LogP contribution in [0.5, 0.6) is 0 Å². The molecule has 0 spiro atoms. The summed E-state index contributed by atoms with van der Waals surface area (Å²) in [6.45, 7) is 0. The Hall–Kier alpha value is -1.86. The van der Waals surface area contributed by atoms with Gasteiger partial charge in [0.1, 0.15) is 0 Å². The molecule has 0 aliphatic heterocycles. The first kappa shape index (κ1) is 14.1. The van der Waals surface area contributed by atoms with Gasteiger partial charge in [-0.2, -0.15) is 0 Å². The molecule has 0 N–H and O–H groups in total. The molecule has 3 rings (SSSR count). The number of hydrogen-bond acceptors (Lipinski definition) is 0. The summed E-state index contributed by atoms with van der Waals surface area (Å²) in [7, 11) is 0. The van der Waals surface area contributed by atoms with Crippen molar-refractivity contribution >= 4 is 15.9 Å². The molecule has 0 aromatic heterocycles. The van der Waals surface area contributed by atoms with Crippen LogP contribution in [0.4, 0.5) is 0 Å². The number of hydrogen-bond donors (Lipinski definition) is 0. The Kier molecular flexibility index (Phi) is 4.52. The Bertz CT molecular complexity index is 650. The Morgan fingerprint density at radius 1 is 0.619 bits per heavy atom. The van der Waals surface area contributed by atoms with Crippen LogP contribution in [0.1, 0.15) is 28.2 Å². The number of rotatable bonds is 4. The summed E-state index contributed by atoms with van der Waals surface area (Å²) in [6.07, 6.45) is 0. The topological polar surface area (TPSA) is 0 Å². The smallest absolute Gasteiger partial charge is 0.0343 e. The molecule has 0 saturated carbocycles. The lowest BCUT2D eigenvalue weighted by Gasteiger charge is -2.21. The normalized spacial score (nSPS) is 10.8. The van der Waals surface area contributed by atoms with E-state index in [1.165, 1.54) is 22.3 Å². The molecule has 0 atom stereocenters. The summed E-state index contributed by atoms with van der Waals surface area (Å²) in [4.78, 5) is 0. The fourth-order valence-corrected chi connectivity index (χ4v) is 3.29. The van der Waals surface area contributed by atoms with E-state index in [4.69, 9.17) is 0 Å². The minimum Gasteiger partial charge on any atom is -0.0876 e. The fraction of sp³-hybridized carbons (Fsp3) is 0.100. The maximum atomic E-state index is 3.62. The van der Waals surface area contributed by atoms with Gasteiger partial charge in [0.15, 0.2) is 0 Å². The molecule has 0 saturated heterocycles. The van der Waals surface area contributed by atoms with Crippen LogP contribution in [-0.4, -0.2) is 0 Å². The van der Waals surface area contributed by atoms with Crippen LogP contribution in [0, 0.1) is 0 Å². The summed E-state index contributed by atoms with van der Waals surface area (Å²) >= 11 is 3.62. The third-order valence-electron chi connectivity index (χ3n) is 3.78. The van der Waals surface area contributed by atoms with Crippen molar-refractivity contribution in [1.82, 2.24) is 0 Å². The molecular weight excluding hydrogens is 320 g/mol. The highest BCUT2D eigenvalue weighted by atomic mass is 79.9. The van der Waals surface area contributed by atoms with E-state index in [9.17, 15) is 0 Å². The van der Waals surface area contributed by atoms with Crippen LogP contribution >= 0.6 is 15.9 Å². The van der Waals surface area contributed by atoms with E-state index in [2.05, 4.69) is 101 Å². The number of benzene rings is 3. The lowest BCUT2D eigenvalue weighted by molar-refractivity contribution is 0.961. The van der Waals surface area contributed by atoms with Gasteiger partial charge in [0.05, 0.1) is 0 Å². The van der Waals surface area contributed by atoms with Gasteiger partial charge in [-0.15, -0.1) is 0 Å². The zero-order valence-corrected chi connectivity index (χ0v) is 13.3. The molecule has 3 aromatic carbocycles. The Balaban J connectivity index is 2.17. The van der Waals surface area contributed by atoms with E-state index in [1.54, 1.807) is 0 Å². The molecule has 0 nitrogen and oxygen atoms in total. The third kappa shape index (κ3) is 3.08. The predicted octanol–water partition coefficient (Wildman–Crippen LogP) is 5.76. The monoisotopic (exact) mass is 336 g/mol. The van der Waals surface area contributed by atoms with E-state index in [0.29, 0.717) is 0 Å². The fourth-order valence-electron chi connectivity index (χ4n) is 2.78. The minimum atomic E-state index is 0.279. The highest BCUT2D eigenvalue weighted by Crippen LogP contribution is 2.34. The van der Waals surface area contributed by atoms with Crippen molar-refractivity contribution in [1.29, 1.82) is 0 Å². The molecule has 0 fully saturated rings. The molecule has 0 aliphatic rings. The zero-order chi connectivity index (χ0) is 14.5. The van der Waals surface area contributed by atoms with Crippen LogP contribution in [0.15, 0.2) is 84.9 Å². The van der Waals surface area contributed by atoms with Gasteiger partial charge < -0.3 is 0 Å². The van der Waals surface area contributed by atoms with Gasteiger partial charge in [-0.3, -0.25) is 0 Å². The van der Waals surface area contributed by atoms with Gasteiger partial charge in [-0.05, 0) is 22.3 Å². The van der Waals surface area contributed by atoms with Crippen LogP contribution in [0.2, 0.25) is 0 Å². The van der Waals surface area contributed by atoms with Crippen molar-refractivity contribution in [3.63, 3.8) is 0 Å². The van der Waals surface area contributed by atoms with Gasteiger partial charge in [-0.25, -0.2) is 0 Å². The second kappa shape index (κ2) is 6.73. The van der Waals surface area contributed by atoms with Crippen molar-refractivity contribution in [2.24, 2.45) is 0 Å². The van der Waals surface area contributed by atoms with E-state index < -0.39 is 0 Å². The molecule has 0 bridgehead atoms. The van der Waals surface area contributed by atoms with Crippen molar-refractivity contribution in [3.8, 4) is 0 Å². The first-order valence-corrected chi connectivity index (χ1v) is 8.26. The van der Waals surface area contributed by atoms with Crippen molar-refractivity contribution in [2.75, 3.05) is 0 Å². The van der Waals surface area contributed by atoms with E-state index >= 15 is 0 Å². The molecule has 0 radical (unpaired) electrons. The lowest BCUT2D eigenvalue weighted by Crippen LogP contribution is -2.05. The van der Waals surface area contributed by atoms with Crippen LogP contribution < -0.4 is 0 Å². The van der Waals surface area contributed by atoms with Gasteiger partial charge in [-0.1, -0.05) is 101 Å². The van der Waals surface area contributed by atoms with Crippen molar-refractivity contribution in [3.05, 3.63) is 107 Å².